The first-order valence-corrected chi connectivity index (χ1v) is 7.30. The molecule has 1 amide bonds. The van der Waals surface area contributed by atoms with E-state index in [0.29, 0.717) is 19.4 Å². The fourth-order valence-corrected chi connectivity index (χ4v) is 2.56. The molecule has 0 aliphatic carbocycles. The Morgan fingerprint density at radius 2 is 2.10 bits per heavy atom. The number of rotatable bonds is 6. The predicted molar refractivity (Wildman–Crippen MR) is 79.9 cm³/mol. The molecule has 1 heterocycles. The topological polar surface area (TPSA) is 78.4 Å². The summed E-state index contributed by atoms with van der Waals surface area (Å²) in [5.74, 6) is -1.15. The van der Waals surface area contributed by atoms with Gasteiger partial charge in [-0.1, -0.05) is 30.3 Å². The van der Waals surface area contributed by atoms with Gasteiger partial charge in [-0.05, 0) is 38.3 Å². The summed E-state index contributed by atoms with van der Waals surface area (Å²) in [6, 6.07) is 8.86. The highest BCUT2D eigenvalue weighted by Crippen LogP contribution is 2.24. The lowest BCUT2D eigenvalue weighted by Gasteiger charge is -2.24. The third-order valence-electron chi connectivity index (χ3n) is 4.08. The number of amides is 1. The van der Waals surface area contributed by atoms with E-state index < -0.39 is 17.4 Å². The summed E-state index contributed by atoms with van der Waals surface area (Å²) in [7, 11) is 0. The summed E-state index contributed by atoms with van der Waals surface area (Å²) < 4.78 is 0. The van der Waals surface area contributed by atoms with Crippen LogP contribution in [-0.2, 0) is 16.0 Å². The number of hydrogen-bond acceptors (Lipinski definition) is 3. The van der Waals surface area contributed by atoms with Gasteiger partial charge in [0.15, 0.2) is 0 Å². The van der Waals surface area contributed by atoms with Crippen LogP contribution >= 0.6 is 0 Å². The maximum absolute atomic E-state index is 12.3. The number of benzene rings is 1. The highest BCUT2D eigenvalue weighted by Gasteiger charge is 2.37. The minimum Gasteiger partial charge on any atom is -0.480 e. The SMILES string of the molecule is CC1(C(=O)NC(CCc2ccccc2)C(=O)O)CCNC1. The predicted octanol–water partition coefficient (Wildman–Crippen LogP) is 1.19. The van der Waals surface area contributed by atoms with Gasteiger partial charge in [0.25, 0.3) is 0 Å². The molecule has 3 N–H and O–H groups in total. The van der Waals surface area contributed by atoms with E-state index in [-0.39, 0.29) is 5.91 Å². The molecule has 5 nitrogen and oxygen atoms in total. The summed E-state index contributed by atoms with van der Waals surface area (Å²) in [5.41, 5.74) is 0.576. The van der Waals surface area contributed by atoms with Crippen molar-refractivity contribution in [2.45, 2.75) is 32.2 Å². The number of carboxylic acids is 1. The van der Waals surface area contributed by atoms with E-state index in [2.05, 4.69) is 10.6 Å². The average Bonchev–Trinajstić information content (AvgIpc) is 2.92. The second-order valence-corrected chi connectivity index (χ2v) is 5.88. The lowest BCUT2D eigenvalue weighted by Crippen LogP contribution is -2.48. The van der Waals surface area contributed by atoms with Crippen molar-refractivity contribution in [1.82, 2.24) is 10.6 Å². The van der Waals surface area contributed by atoms with Gasteiger partial charge in [0.1, 0.15) is 6.04 Å². The summed E-state index contributed by atoms with van der Waals surface area (Å²) in [6.07, 6.45) is 1.77. The molecular formula is C16H22N2O3. The van der Waals surface area contributed by atoms with Gasteiger partial charge in [0.05, 0.1) is 5.41 Å². The first kappa shape index (κ1) is 15.5. The molecule has 0 radical (unpaired) electrons. The molecule has 114 valence electrons. The Bertz CT molecular complexity index is 496. The van der Waals surface area contributed by atoms with Crippen LogP contribution in [0.4, 0.5) is 0 Å². The van der Waals surface area contributed by atoms with Crippen LogP contribution in [0.2, 0.25) is 0 Å². The van der Waals surface area contributed by atoms with E-state index in [1.165, 1.54) is 0 Å². The van der Waals surface area contributed by atoms with Crippen LogP contribution in [0.1, 0.15) is 25.3 Å². The smallest absolute Gasteiger partial charge is 0.326 e. The number of hydrogen-bond donors (Lipinski definition) is 3. The van der Waals surface area contributed by atoms with Crippen LogP contribution in [0.3, 0.4) is 0 Å². The average molecular weight is 290 g/mol. The molecular weight excluding hydrogens is 268 g/mol. The zero-order valence-corrected chi connectivity index (χ0v) is 12.3. The number of carbonyl (C=O) groups excluding carboxylic acids is 1. The first-order valence-electron chi connectivity index (χ1n) is 7.30. The van der Waals surface area contributed by atoms with Crippen LogP contribution in [0.15, 0.2) is 30.3 Å². The monoisotopic (exact) mass is 290 g/mol. The summed E-state index contributed by atoms with van der Waals surface area (Å²) in [6.45, 7) is 3.27. The third-order valence-corrected chi connectivity index (χ3v) is 4.08. The van der Waals surface area contributed by atoms with Gasteiger partial charge < -0.3 is 15.7 Å². The lowest BCUT2D eigenvalue weighted by atomic mass is 9.88. The van der Waals surface area contributed by atoms with Crippen LogP contribution in [0, 0.1) is 5.41 Å². The zero-order chi connectivity index (χ0) is 15.3. The highest BCUT2D eigenvalue weighted by molar-refractivity contribution is 5.87. The van der Waals surface area contributed by atoms with Gasteiger partial charge in [-0.15, -0.1) is 0 Å². The largest absolute Gasteiger partial charge is 0.480 e. The van der Waals surface area contributed by atoms with Crippen molar-refractivity contribution in [2.75, 3.05) is 13.1 Å². The molecule has 0 bridgehead atoms. The molecule has 2 unspecified atom stereocenters. The number of aryl methyl sites for hydroxylation is 1. The van der Waals surface area contributed by atoms with Crippen molar-refractivity contribution in [3.8, 4) is 0 Å². The van der Waals surface area contributed by atoms with Gasteiger partial charge in [-0.25, -0.2) is 4.79 Å². The van der Waals surface area contributed by atoms with E-state index in [0.717, 1.165) is 18.5 Å². The number of aliphatic carboxylic acids is 1. The Labute approximate surface area is 124 Å². The van der Waals surface area contributed by atoms with Crippen molar-refractivity contribution < 1.29 is 14.7 Å². The molecule has 5 heteroatoms. The second kappa shape index (κ2) is 6.72. The summed E-state index contributed by atoms with van der Waals surface area (Å²) in [4.78, 5) is 23.6. The zero-order valence-electron chi connectivity index (χ0n) is 12.3. The van der Waals surface area contributed by atoms with E-state index in [4.69, 9.17) is 0 Å². The molecule has 0 aromatic heterocycles. The van der Waals surface area contributed by atoms with Crippen LogP contribution in [0.5, 0.6) is 0 Å². The van der Waals surface area contributed by atoms with Gasteiger partial charge >= 0.3 is 5.97 Å². The van der Waals surface area contributed by atoms with Gasteiger partial charge in [-0.3, -0.25) is 4.79 Å². The molecule has 1 aromatic rings. The third kappa shape index (κ3) is 4.04. The van der Waals surface area contributed by atoms with E-state index >= 15 is 0 Å². The molecule has 1 fully saturated rings. The maximum Gasteiger partial charge on any atom is 0.326 e. The van der Waals surface area contributed by atoms with E-state index in [1.54, 1.807) is 0 Å². The Balaban J connectivity index is 1.93. The standard InChI is InChI=1S/C16H22N2O3/c1-16(9-10-17-11-16)15(21)18-13(14(19)20)8-7-12-5-3-2-4-6-12/h2-6,13,17H,7-11H2,1H3,(H,18,21)(H,19,20). The molecule has 1 aliphatic heterocycles. The number of carbonyl (C=O) groups is 2. The lowest BCUT2D eigenvalue weighted by molar-refractivity contribution is -0.143. The number of nitrogens with one attached hydrogen (secondary N) is 2. The minimum atomic E-state index is -0.978. The molecule has 1 aromatic carbocycles. The van der Waals surface area contributed by atoms with Crippen molar-refractivity contribution in [1.29, 1.82) is 0 Å². The normalized spacial score (nSPS) is 22.7. The van der Waals surface area contributed by atoms with Gasteiger partial charge in [0.2, 0.25) is 5.91 Å². The Morgan fingerprint density at radius 3 is 2.67 bits per heavy atom. The van der Waals surface area contributed by atoms with Gasteiger partial charge in [-0.2, -0.15) is 0 Å². The molecule has 21 heavy (non-hydrogen) atoms. The van der Waals surface area contributed by atoms with Crippen molar-refractivity contribution in [3.63, 3.8) is 0 Å². The second-order valence-electron chi connectivity index (χ2n) is 5.88. The summed E-state index contributed by atoms with van der Waals surface area (Å²) in [5, 5.41) is 15.1. The Morgan fingerprint density at radius 1 is 1.38 bits per heavy atom. The number of carboxylic acid groups (broad SMARTS) is 1. The fourth-order valence-electron chi connectivity index (χ4n) is 2.56. The van der Waals surface area contributed by atoms with E-state index in [1.807, 2.05) is 37.3 Å². The fraction of sp³-hybridized carbons (Fsp3) is 0.500. The van der Waals surface area contributed by atoms with E-state index in [9.17, 15) is 14.7 Å². The first-order chi connectivity index (χ1) is 10.0. The molecule has 0 saturated carbocycles. The Hall–Kier alpha value is -1.88. The molecule has 1 saturated heterocycles. The minimum absolute atomic E-state index is 0.173. The summed E-state index contributed by atoms with van der Waals surface area (Å²) >= 11 is 0. The van der Waals surface area contributed by atoms with Gasteiger partial charge in [0, 0.05) is 6.54 Å². The molecule has 1 aliphatic rings. The highest BCUT2D eigenvalue weighted by atomic mass is 16.4. The molecule has 2 rings (SSSR count). The van der Waals surface area contributed by atoms with Crippen LogP contribution in [-0.4, -0.2) is 36.1 Å². The van der Waals surface area contributed by atoms with Crippen molar-refractivity contribution in [3.05, 3.63) is 35.9 Å². The quantitative estimate of drug-likeness (QED) is 0.735. The van der Waals surface area contributed by atoms with Crippen LogP contribution in [0.25, 0.3) is 0 Å². The maximum atomic E-state index is 12.3. The van der Waals surface area contributed by atoms with Crippen LogP contribution < -0.4 is 10.6 Å². The van der Waals surface area contributed by atoms with Crippen molar-refractivity contribution >= 4 is 11.9 Å². The molecule has 0 spiro atoms. The molecule has 2 atom stereocenters. The Kier molecular flexibility index (Phi) is 4.96. The van der Waals surface area contributed by atoms with Crippen molar-refractivity contribution in [2.24, 2.45) is 5.41 Å².